The number of nitrogens with one attached hydrogen (secondary N) is 2. The molecule has 1 rings (SSSR count). The first-order chi connectivity index (χ1) is 11.7. The van der Waals surface area contributed by atoms with Crippen LogP contribution in [0.25, 0.3) is 0 Å². The second kappa shape index (κ2) is 9.75. The number of aliphatic imine (C=N–C) groups is 1. The molecular formula is C16H22F3N3O3. The van der Waals surface area contributed by atoms with E-state index in [1.807, 2.05) is 0 Å². The third kappa shape index (κ3) is 8.27. The summed E-state index contributed by atoms with van der Waals surface area (Å²) in [6.45, 7) is 1.17. The van der Waals surface area contributed by atoms with Crippen LogP contribution in [-0.4, -0.2) is 45.4 Å². The Bertz CT molecular complexity index is 574. The van der Waals surface area contributed by atoms with Gasteiger partial charge in [-0.15, -0.1) is 0 Å². The largest absolute Gasteiger partial charge is 0.484 e. The Morgan fingerprint density at radius 1 is 1.24 bits per heavy atom. The van der Waals surface area contributed by atoms with E-state index in [9.17, 15) is 18.0 Å². The fraction of sp³-hybridized carbons (Fsp3) is 0.500. The Balaban J connectivity index is 2.44. The first-order valence-electron chi connectivity index (χ1n) is 7.56. The topological polar surface area (TPSA) is 72.0 Å². The van der Waals surface area contributed by atoms with Crippen molar-refractivity contribution in [2.24, 2.45) is 10.9 Å². The summed E-state index contributed by atoms with van der Waals surface area (Å²) < 4.78 is 45.5. The van der Waals surface area contributed by atoms with Crippen molar-refractivity contribution < 1.29 is 27.4 Å². The maximum absolute atomic E-state index is 12.1. The van der Waals surface area contributed by atoms with Gasteiger partial charge >= 0.3 is 12.1 Å². The zero-order chi connectivity index (χ0) is 18.9. The molecule has 0 bridgehead atoms. The summed E-state index contributed by atoms with van der Waals surface area (Å²) in [4.78, 5) is 15.4. The lowest BCUT2D eigenvalue weighted by Crippen LogP contribution is -2.40. The fourth-order valence-electron chi connectivity index (χ4n) is 1.81. The highest BCUT2D eigenvalue weighted by atomic mass is 19.4. The van der Waals surface area contributed by atoms with E-state index in [1.165, 1.54) is 19.2 Å². The summed E-state index contributed by atoms with van der Waals surface area (Å²) >= 11 is 0. The smallest absolute Gasteiger partial charge is 0.422 e. The van der Waals surface area contributed by atoms with Gasteiger partial charge in [-0.25, -0.2) is 0 Å². The molecule has 2 N–H and O–H groups in total. The van der Waals surface area contributed by atoms with E-state index in [0.29, 0.717) is 19.0 Å². The highest BCUT2D eigenvalue weighted by Crippen LogP contribution is 2.18. The van der Waals surface area contributed by atoms with Crippen molar-refractivity contribution in [3.63, 3.8) is 0 Å². The number of nitrogens with zero attached hydrogens (tertiary/aromatic N) is 1. The summed E-state index contributed by atoms with van der Waals surface area (Å²) in [5.41, 5.74) is 0.836. The number of carbonyl (C=O) groups excluding carboxylic acids is 1. The summed E-state index contributed by atoms with van der Waals surface area (Å²) in [7, 11) is 2.92. The van der Waals surface area contributed by atoms with Gasteiger partial charge in [-0.1, -0.05) is 19.1 Å². The number of esters is 1. The minimum Gasteiger partial charge on any atom is -0.484 e. The molecule has 1 aromatic carbocycles. The summed E-state index contributed by atoms with van der Waals surface area (Å²) in [5, 5.41) is 6.03. The maximum Gasteiger partial charge on any atom is 0.422 e. The van der Waals surface area contributed by atoms with Gasteiger partial charge in [0.25, 0.3) is 0 Å². The van der Waals surface area contributed by atoms with Crippen LogP contribution < -0.4 is 15.4 Å². The van der Waals surface area contributed by atoms with Crippen LogP contribution in [0.1, 0.15) is 12.5 Å². The predicted molar refractivity (Wildman–Crippen MR) is 87.4 cm³/mol. The lowest BCUT2D eigenvalue weighted by atomic mass is 10.2. The van der Waals surface area contributed by atoms with Gasteiger partial charge in [-0.05, 0) is 17.7 Å². The van der Waals surface area contributed by atoms with E-state index >= 15 is 0 Å². The van der Waals surface area contributed by atoms with Crippen molar-refractivity contribution in [3.8, 4) is 5.75 Å². The van der Waals surface area contributed by atoms with E-state index in [4.69, 9.17) is 0 Å². The number of hydrogen-bond acceptors (Lipinski definition) is 4. The Hall–Kier alpha value is -2.45. The molecule has 0 amide bonds. The van der Waals surface area contributed by atoms with E-state index < -0.39 is 12.8 Å². The Morgan fingerprint density at radius 3 is 2.40 bits per heavy atom. The van der Waals surface area contributed by atoms with Gasteiger partial charge in [0.15, 0.2) is 12.6 Å². The van der Waals surface area contributed by atoms with E-state index in [2.05, 4.69) is 25.1 Å². The molecule has 0 saturated heterocycles. The van der Waals surface area contributed by atoms with Crippen molar-refractivity contribution in [3.05, 3.63) is 29.8 Å². The number of alkyl halides is 3. The molecule has 0 aliphatic rings. The number of methoxy groups -OCH3 is 1. The van der Waals surface area contributed by atoms with Crippen molar-refractivity contribution in [2.75, 3.05) is 27.3 Å². The third-order valence-corrected chi connectivity index (χ3v) is 3.19. The molecule has 0 aliphatic heterocycles. The van der Waals surface area contributed by atoms with Crippen LogP contribution >= 0.6 is 0 Å². The fourth-order valence-corrected chi connectivity index (χ4v) is 1.81. The van der Waals surface area contributed by atoms with Crippen molar-refractivity contribution in [1.82, 2.24) is 10.6 Å². The molecule has 0 spiro atoms. The molecular weight excluding hydrogens is 339 g/mol. The molecule has 1 unspecified atom stereocenters. The minimum atomic E-state index is -4.36. The third-order valence-electron chi connectivity index (χ3n) is 3.19. The van der Waals surface area contributed by atoms with Crippen molar-refractivity contribution in [1.29, 1.82) is 0 Å². The molecule has 140 valence electrons. The Labute approximate surface area is 144 Å². The van der Waals surface area contributed by atoms with Crippen LogP contribution in [0.5, 0.6) is 5.75 Å². The molecule has 1 aromatic rings. The number of benzene rings is 1. The summed E-state index contributed by atoms with van der Waals surface area (Å²) in [6, 6.07) is 6.25. The number of hydrogen-bond donors (Lipinski definition) is 2. The highest BCUT2D eigenvalue weighted by molar-refractivity contribution is 5.80. The first kappa shape index (κ1) is 20.6. The van der Waals surface area contributed by atoms with Crippen LogP contribution in [0.2, 0.25) is 0 Å². The van der Waals surface area contributed by atoms with Gasteiger partial charge in [0.05, 0.1) is 13.0 Å². The number of carbonyl (C=O) groups is 1. The van der Waals surface area contributed by atoms with Crippen LogP contribution in [0.4, 0.5) is 13.2 Å². The van der Waals surface area contributed by atoms with Gasteiger partial charge in [-0.3, -0.25) is 9.79 Å². The lowest BCUT2D eigenvalue weighted by Gasteiger charge is -2.15. The predicted octanol–water partition coefficient (Wildman–Crippen LogP) is 2.10. The zero-order valence-corrected chi connectivity index (χ0v) is 14.3. The molecule has 1 atom stereocenters. The number of guanidine groups is 1. The van der Waals surface area contributed by atoms with Gasteiger partial charge in [0, 0.05) is 20.1 Å². The summed E-state index contributed by atoms with van der Waals surface area (Å²) in [5.74, 6) is -0.00495. The summed E-state index contributed by atoms with van der Waals surface area (Å²) in [6.07, 6.45) is -4.36. The van der Waals surface area contributed by atoms with Gasteiger partial charge in [0.1, 0.15) is 5.75 Å². The van der Waals surface area contributed by atoms with Crippen LogP contribution in [0.3, 0.4) is 0 Å². The van der Waals surface area contributed by atoms with E-state index in [0.717, 1.165) is 5.56 Å². The number of rotatable bonds is 7. The van der Waals surface area contributed by atoms with E-state index in [-0.39, 0.29) is 17.6 Å². The average molecular weight is 361 g/mol. The average Bonchev–Trinajstić information content (AvgIpc) is 2.59. The molecule has 0 aromatic heterocycles. The highest BCUT2D eigenvalue weighted by Gasteiger charge is 2.28. The van der Waals surface area contributed by atoms with Crippen LogP contribution in [0, 0.1) is 5.92 Å². The molecule has 0 radical (unpaired) electrons. The molecule has 0 heterocycles. The van der Waals surface area contributed by atoms with Crippen molar-refractivity contribution >= 4 is 11.9 Å². The monoisotopic (exact) mass is 361 g/mol. The molecule has 0 aliphatic carbocycles. The van der Waals surface area contributed by atoms with Gasteiger partial charge in [-0.2, -0.15) is 13.2 Å². The second-order valence-electron chi connectivity index (χ2n) is 5.28. The normalized spacial score (nSPS) is 13.1. The molecule has 0 saturated carbocycles. The molecule has 0 fully saturated rings. The standard InChI is InChI=1S/C16H22F3N3O3/c1-11(14(23)24-3)8-21-15(20-2)22-9-12-4-6-13(7-5-12)25-10-16(17,18)19/h4-7,11H,8-10H2,1-3H3,(H2,20,21,22). The number of halogens is 3. The Kier molecular flexibility index (Phi) is 8.03. The van der Waals surface area contributed by atoms with Crippen molar-refractivity contribution in [2.45, 2.75) is 19.6 Å². The zero-order valence-electron chi connectivity index (χ0n) is 14.3. The molecule has 9 heteroatoms. The number of ether oxygens (including phenoxy) is 2. The van der Waals surface area contributed by atoms with Crippen LogP contribution in [-0.2, 0) is 16.1 Å². The SMILES string of the molecule is CN=C(NCc1ccc(OCC(F)(F)F)cc1)NCC(C)C(=O)OC. The maximum atomic E-state index is 12.1. The molecule has 25 heavy (non-hydrogen) atoms. The second-order valence-corrected chi connectivity index (χ2v) is 5.28. The minimum absolute atomic E-state index is 0.149. The first-order valence-corrected chi connectivity index (χ1v) is 7.56. The van der Waals surface area contributed by atoms with Gasteiger partial charge in [0.2, 0.25) is 0 Å². The van der Waals surface area contributed by atoms with Crippen LogP contribution in [0.15, 0.2) is 29.3 Å². The Morgan fingerprint density at radius 2 is 1.88 bits per heavy atom. The lowest BCUT2D eigenvalue weighted by molar-refractivity contribution is -0.153. The molecule has 6 nitrogen and oxygen atoms in total. The van der Waals surface area contributed by atoms with Gasteiger partial charge < -0.3 is 20.1 Å². The van der Waals surface area contributed by atoms with E-state index in [1.54, 1.807) is 26.1 Å². The quantitative estimate of drug-likeness (QED) is 0.442.